The van der Waals surface area contributed by atoms with E-state index in [0.29, 0.717) is 10.6 Å². The van der Waals surface area contributed by atoms with E-state index in [2.05, 4.69) is 23.5 Å². The summed E-state index contributed by atoms with van der Waals surface area (Å²) in [6.45, 7) is 0. The SMILES string of the molecule is NC(=O)c1ccc(Cl)c(NC2CCSc3ccccc32)c1. The van der Waals surface area contributed by atoms with E-state index in [1.54, 1.807) is 18.2 Å². The van der Waals surface area contributed by atoms with Crippen LogP contribution in [0.3, 0.4) is 0 Å². The van der Waals surface area contributed by atoms with Crippen molar-refractivity contribution < 1.29 is 4.79 Å². The number of nitrogens with two attached hydrogens (primary N) is 1. The maximum Gasteiger partial charge on any atom is 0.248 e. The number of rotatable bonds is 3. The summed E-state index contributed by atoms with van der Waals surface area (Å²) in [5.74, 6) is 0.608. The number of anilines is 1. The van der Waals surface area contributed by atoms with Gasteiger partial charge in [0.2, 0.25) is 5.91 Å². The van der Waals surface area contributed by atoms with Gasteiger partial charge >= 0.3 is 0 Å². The summed E-state index contributed by atoms with van der Waals surface area (Å²) in [5, 5.41) is 4.04. The van der Waals surface area contributed by atoms with Crippen molar-refractivity contribution in [3.05, 3.63) is 58.6 Å². The first-order valence-electron chi connectivity index (χ1n) is 6.73. The van der Waals surface area contributed by atoms with Crippen molar-refractivity contribution in [3.8, 4) is 0 Å². The molecule has 1 amide bonds. The number of carbonyl (C=O) groups is 1. The minimum atomic E-state index is -0.450. The van der Waals surface area contributed by atoms with Crippen molar-refractivity contribution in [2.45, 2.75) is 17.4 Å². The molecule has 1 aliphatic rings. The zero-order chi connectivity index (χ0) is 14.8. The van der Waals surface area contributed by atoms with E-state index in [4.69, 9.17) is 17.3 Å². The topological polar surface area (TPSA) is 55.1 Å². The van der Waals surface area contributed by atoms with Crippen LogP contribution in [0.15, 0.2) is 47.4 Å². The van der Waals surface area contributed by atoms with Gasteiger partial charge in [0.05, 0.1) is 16.8 Å². The van der Waals surface area contributed by atoms with Gasteiger partial charge in [-0.2, -0.15) is 0 Å². The summed E-state index contributed by atoms with van der Waals surface area (Å²) in [6, 6.07) is 13.6. The van der Waals surface area contributed by atoms with Crippen molar-refractivity contribution >= 4 is 35.0 Å². The molecule has 0 radical (unpaired) electrons. The summed E-state index contributed by atoms with van der Waals surface area (Å²) in [5.41, 5.74) is 7.81. The molecule has 1 heterocycles. The summed E-state index contributed by atoms with van der Waals surface area (Å²) >= 11 is 8.10. The number of nitrogens with one attached hydrogen (secondary N) is 1. The van der Waals surface area contributed by atoms with E-state index in [9.17, 15) is 4.79 Å². The molecular weight excluding hydrogens is 304 g/mol. The molecule has 1 aliphatic heterocycles. The van der Waals surface area contributed by atoms with Crippen LogP contribution in [0, 0.1) is 0 Å². The van der Waals surface area contributed by atoms with E-state index in [0.717, 1.165) is 17.9 Å². The van der Waals surface area contributed by atoms with Crippen LogP contribution in [0.4, 0.5) is 5.69 Å². The molecule has 0 saturated heterocycles. The third-order valence-electron chi connectivity index (χ3n) is 3.54. The van der Waals surface area contributed by atoms with Crippen LogP contribution < -0.4 is 11.1 Å². The summed E-state index contributed by atoms with van der Waals surface area (Å²) in [4.78, 5) is 12.6. The second-order valence-corrected chi connectivity index (χ2v) is 6.47. The predicted molar refractivity (Wildman–Crippen MR) is 88.1 cm³/mol. The minimum absolute atomic E-state index is 0.197. The highest BCUT2D eigenvalue weighted by Crippen LogP contribution is 2.38. The summed E-state index contributed by atoms with van der Waals surface area (Å²) < 4.78 is 0. The lowest BCUT2D eigenvalue weighted by Gasteiger charge is -2.27. The molecule has 1 unspecified atom stereocenters. The number of hydrogen-bond acceptors (Lipinski definition) is 3. The Hall–Kier alpha value is -1.65. The smallest absolute Gasteiger partial charge is 0.248 e. The lowest BCUT2D eigenvalue weighted by atomic mass is 10.0. The Morgan fingerprint density at radius 3 is 2.90 bits per heavy atom. The molecule has 2 aromatic rings. The second-order valence-electron chi connectivity index (χ2n) is 4.93. The van der Waals surface area contributed by atoms with Crippen LogP contribution in [-0.2, 0) is 0 Å². The van der Waals surface area contributed by atoms with Crippen LogP contribution in [0.1, 0.15) is 28.4 Å². The van der Waals surface area contributed by atoms with Gasteiger partial charge in [-0.25, -0.2) is 0 Å². The standard InChI is InChI=1S/C16H15ClN2OS/c17-12-6-5-10(16(18)20)9-14(12)19-13-7-8-21-15-4-2-1-3-11(13)15/h1-6,9,13,19H,7-8H2,(H2,18,20). The van der Waals surface area contributed by atoms with Crippen molar-refractivity contribution in [1.82, 2.24) is 0 Å². The first kappa shape index (κ1) is 14.3. The highest BCUT2D eigenvalue weighted by molar-refractivity contribution is 7.99. The van der Waals surface area contributed by atoms with Crippen molar-refractivity contribution in [3.63, 3.8) is 0 Å². The molecule has 108 valence electrons. The molecule has 2 aromatic carbocycles. The molecule has 0 saturated carbocycles. The van der Waals surface area contributed by atoms with E-state index in [1.807, 2.05) is 17.8 Å². The predicted octanol–water partition coefficient (Wildman–Crippen LogP) is 4.09. The minimum Gasteiger partial charge on any atom is -0.377 e. The largest absolute Gasteiger partial charge is 0.377 e. The van der Waals surface area contributed by atoms with Gasteiger partial charge in [0.25, 0.3) is 0 Å². The first-order chi connectivity index (χ1) is 10.1. The van der Waals surface area contributed by atoms with Gasteiger partial charge in [-0.15, -0.1) is 11.8 Å². The van der Waals surface area contributed by atoms with Gasteiger partial charge in [-0.05, 0) is 36.2 Å². The number of amides is 1. The quantitative estimate of drug-likeness (QED) is 0.896. The zero-order valence-corrected chi connectivity index (χ0v) is 12.9. The Morgan fingerprint density at radius 2 is 2.10 bits per heavy atom. The van der Waals surface area contributed by atoms with E-state index < -0.39 is 5.91 Å². The lowest BCUT2D eigenvalue weighted by Crippen LogP contribution is -2.17. The number of hydrogen-bond donors (Lipinski definition) is 2. The van der Waals surface area contributed by atoms with Crippen LogP contribution in [-0.4, -0.2) is 11.7 Å². The second kappa shape index (κ2) is 6.00. The average Bonchev–Trinajstić information content (AvgIpc) is 2.49. The monoisotopic (exact) mass is 318 g/mol. The maximum atomic E-state index is 11.3. The fraction of sp³-hybridized carbons (Fsp3) is 0.188. The first-order valence-corrected chi connectivity index (χ1v) is 8.09. The molecule has 0 aromatic heterocycles. The summed E-state index contributed by atoms with van der Waals surface area (Å²) in [7, 11) is 0. The third-order valence-corrected chi connectivity index (χ3v) is 4.99. The Kier molecular flexibility index (Phi) is 4.08. The Labute approximate surface area is 132 Å². The molecule has 3 rings (SSSR count). The summed E-state index contributed by atoms with van der Waals surface area (Å²) in [6.07, 6.45) is 1.01. The van der Waals surface area contributed by atoms with E-state index in [-0.39, 0.29) is 6.04 Å². The van der Waals surface area contributed by atoms with Gasteiger partial charge in [-0.3, -0.25) is 4.79 Å². The van der Waals surface area contributed by atoms with Crippen LogP contribution in [0.25, 0.3) is 0 Å². The van der Waals surface area contributed by atoms with Gasteiger partial charge in [0, 0.05) is 16.2 Å². The van der Waals surface area contributed by atoms with Gasteiger partial charge in [0.1, 0.15) is 0 Å². The molecular formula is C16H15ClN2OS. The normalized spacial score (nSPS) is 17.1. The molecule has 3 nitrogen and oxygen atoms in total. The molecule has 0 bridgehead atoms. The van der Waals surface area contributed by atoms with Gasteiger partial charge < -0.3 is 11.1 Å². The van der Waals surface area contributed by atoms with Crippen molar-refractivity contribution in [2.24, 2.45) is 5.73 Å². The third kappa shape index (κ3) is 3.01. The molecule has 1 atom stereocenters. The average molecular weight is 319 g/mol. The Bertz CT molecular complexity index is 690. The fourth-order valence-electron chi connectivity index (χ4n) is 2.47. The number of primary amides is 1. The highest BCUT2D eigenvalue weighted by Gasteiger charge is 2.21. The number of carbonyl (C=O) groups excluding carboxylic acids is 1. The van der Waals surface area contributed by atoms with Gasteiger partial charge in [0.15, 0.2) is 0 Å². The number of fused-ring (bicyclic) bond motifs is 1. The van der Waals surface area contributed by atoms with Crippen LogP contribution in [0.2, 0.25) is 5.02 Å². The van der Waals surface area contributed by atoms with Gasteiger partial charge in [-0.1, -0.05) is 29.8 Å². The Morgan fingerprint density at radius 1 is 1.29 bits per heavy atom. The molecule has 5 heteroatoms. The lowest BCUT2D eigenvalue weighted by molar-refractivity contribution is 0.100. The molecule has 21 heavy (non-hydrogen) atoms. The molecule has 0 fully saturated rings. The van der Waals surface area contributed by atoms with Crippen LogP contribution in [0.5, 0.6) is 0 Å². The zero-order valence-electron chi connectivity index (χ0n) is 11.3. The molecule has 3 N–H and O–H groups in total. The number of benzene rings is 2. The number of halogens is 1. The van der Waals surface area contributed by atoms with E-state index >= 15 is 0 Å². The molecule has 0 spiro atoms. The van der Waals surface area contributed by atoms with Crippen molar-refractivity contribution in [2.75, 3.05) is 11.1 Å². The Balaban J connectivity index is 1.91. The highest BCUT2D eigenvalue weighted by atomic mass is 35.5. The maximum absolute atomic E-state index is 11.3. The van der Waals surface area contributed by atoms with Crippen molar-refractivity contribution in [1.29, 1.82) is 0 Å². The molecule has 0 aliphatic carbocycles. The number of thioether (sulfide) groups is 1. The van der Waals surface area contributed by atoms with Crippen LogP contribution >= 0.6 is 23.4 Å². The van der Waals surface area contributed by atoms with E-state index in [1.165, 1.54) is 10.5 Å². The fourth-order valence-corrected chi connectivity index (χ4v) is 3.77.